The molecule has 1 aliphatic carbocycles. The second-order valence-electron chi connectivity index (χ2n) is 4.13. The average Bonchev–Trinajstić information content (AvgIpc) is 2.79. The van der Waals surface area contributed by atoms with Crippen LogP contribution in [0.5, 0.6) is 0 Å². The Morgan fingerprint density at radius 3 is 2.81 bits per heavy atom. The fourth-order valence-electron chi connectivity index (χ4n) is 2.05. The van der Waals surface area contributed by atoms with Gasteiger partial charge < -0.3 is 4.74 Å². The van der Waals surface area contributed by atoms with Gasteiger partial charge in [0.25, 0.3) is 0 Å². The van der Waals surface area contributed by atoms with Crippen LogP contribution >= 0.6 is 0 Å². The molecule has 0 atom stereocenters. The molecule has 1 fully saturated rings. The fraction of sp³-hybridized carbons (Fsp3) is 0.462. The van der Waals surface area contributed by atoms with Gasteiger partial charge in [0.15, 0.2) is 0 Å². The van der Waals surface area contributed by atoms with Crippen LogP contribution in [0.2, 0.25) is 0 Å². The third kappa shape index (κ3) is 2.59. The minimum atomic E-state index is -0.316. The Bertz CT molecular complexity index is 405. The zero-order valence-electron chi connectivity index (χ0n) is 9.08. The molecule has 0 radical (unpaired) electrons. The van der Waals surface area contributed by atoms with Gasteiger partial charge in [0, 0.05) is 0 Å². The first kappa shape index (κ1) is 11.1. The predicted molar refractivity (Wildman–Crippen MR) is 58.2 cm³/mol. The average molecular weight is 219 g/mol. The Balaban J connectivity index is 2.02. The Hall–Kier alpha value is -1.40. The SMILES string of the molecule is N#Cc1ccc(F)cc1COC1CCCC1. The van der Waals surface area contributed by atoms with E-state index in [9.17, 15) is 4.39 Å². The molecule has 3 heteroatoms. The Morgan fingerprint density at radius 1 is 1.38 bits per heavy atom. The van der Waals surface area contributed by atoms with Crippen LogP contribution < -0.4 is 0 Å². The van der Waals surface area contributed by atoms with Crippen molar-refractivity contribution in [1.29, 1.82) is 5.26 Å². The van der Waals surface area contributed by atoms with Gasteiger partial charge in [-0.1, -0.05) is 12.8 Å². The van der Waals surface area contributed by atoms with E-state index in [2.05, 4.69) is 6.07 Å². The molecule has 1 saturated carbocycles. The summed E-state index contributed by atoms with van der Waals surface area (Å²) in [7, 11) is 0. The topological polar surface area (TPSA) is 33.0 Å². The minimum absolute atomic E-state index is 0.287. The number of nitriles is 1. The van der Waals surface area contributed by atoms with Gasteiger partial charge in [0.05, 0.1) is 24.3 Å². The highest BCUT2D eigenvalue weighted by atomic mass is 19.1. The van der Waals surface area contributed by atoms with E-state index in [1.54, 1.807) is 0 Å². The van der Waals surface area contributed by atoms with Crippen LogP contribution in [0.3, 0.4) is 0 Å². The molecular formula is C13H14FNO. The lowest BCUT2D eigenvalue weighted by Crippen LogP contribution is -2.08. The van der Waals surface area contributed by atoms with E-state index < -0.39 is 0 Å². The summed E-state index contributed by atoms with van der Waals surface area (Å²) in [4.78, 5) is 0. The van der Waals surface area contributed by atoms with Crippen molar-refractivity contribution in [1.82, 2.24) is 0 Å². The number of benzene rings is 1. The van der Waals surface area contributed by atoms with E-state index in [4.69, 9.17) is 10.00 Å². The second kappa shape index (κ2) is 5.09. The number of halogens is 1. The molecular weight excluding hydrogens is 205 g/mol. The summed E-state index contributed by atoms with van der Waals surface area (Å²) in [6.07, 6.45) is 4.86. The van der Waals surface area contributed by atoms with Crippen LogP contribution in [-0.2, 0) is 11.3 Å². The number of nitrogens with zero attached hydrogens (tertiary/aromatic N) is 1. The molecule has 16 heavy (non-hydrogen) atoms. The molecule has 1 aliphatic rings. The molecule has 0 aliphatic heterocycles. The Kier molecular flexibility index (Phi) is 3.53. The first-order valence-corrected chi connectivity index (χ1v) is 5.60. The lowest BCUT2D eigenvalue weighted by molar-refractivity contribution is 0.0454. The van der Waals surface area contributed by atoms with E-state index in [-0.39, 0.29) is 11.9 Å². The summed E-state index contributed by atoms with van der Waals surface area (Å²) in [6, 6.07) is 6.24. The van der Waals surface area contributed by atoms with E-state index >= 15 is 0 Å². The molecule has 0 saturated heterocycles. The molecule has 2 nitrogen and oxygen atoms in total. The maximum atomic E-state index is 13.0. The summed E-state index contributed by atoms with van der Waals surface area (Å²) >= 11 is 0. The zero-order valence-corrected chi connectivity index (χ0v) is 9.08. The first-order valence-electron chi connectivity index (χ1n) is 5.60. The van der Waals surface area contributed by atoms with Gasteiger partial charge in [-0.2, -0.15) is 5.26 Å². The molecule has 0 heterocycles. The highest BCUT2D eigenvalue weighted by Gasteiger charge is 2.16. The number of rotatable bonds is 3. The lowest BCUT2D eigenvalue weighted by atomic mass is 10.1. The summed E-state index contributed by atoms with van der Waals surface area (Å²) in [5, 5.41) is 8.87. The quantitative estimate of drug-likeness (QED) is 0.782. The molecule has 0 N–H and O–H groups in total. The van der Waals surface area contributed by atoms with E-state index in [1.165, 1.54) is 31.0 Å². The van der Waals surface area contributed by atoms with Gasteiger partial charge in [-0.15, -0.1) is 0 Å². The number of hydrogen-bond acceptors (Lipinski definition) is 2. The normalized spacial score (nSPS) is 16.2. The Morgan fingerprint density at radius 2 is 2.12 bits per heavy atom. The summed E-state index contributed by atoms with van der Waals surface area (Å²) in [5.41, 5.74) is 1.15. The molecule has 2 rings (SSSR count). The van der Waals surface area contributed by atoms with Crippen LogP contribution in [0.25, 0.3) is 0 Å². The monoisotopic (exact) mass is 219 g/mol. The Labute approximate surface area is 94.7 Å². The van der Waals surface area contributed by atoms with Crippen LogP contribution in [0.15, 0.2) is 18.2 Å². The van der Waals surface area contributed by atoms with Gasteiger partial charge in [0.1, 0.15) is 5.82 Å². The smallest absolute Gasteiger partial charge is 0.123 e. The molecule has 1 aromatic carbocycles. The van der Waals surface area contributed by atoms with Gasteiger partial charge in [-0.05, 0) is 36.6 Å². The fourth-order valence-corrected chi connectivity index (χ4v) is 2.05. The van der Waals surface area contributed by atoms with Crippen molar-refractivity contribution in [2.45, 2.75) is 38.4 Å². The van der Waals surface area contributed by atoms with Gasteiger partial charge in [-0.3, -0.25) is 0 Å². The highest BCUT2D eigenvalue weighted by Crippen LogP contribution is 2.22. The van der Waals surface area contributed by atoms with Crippen molar-refractivity contribution in [2.24, 2.45) is 0 Å². The van der Waals surface area contributed by atoms with E-state index in [1.807, 2.05) is 0 Å². The molecule has 0 aromatic heterocycles. The highest BCUT2D eigenvalue weighted by molar-refractivity contribution is 5.37. The van der Waals surface area contributed by atoms with E-state index in [0.29, 0.717) is 17.7 Å². The van der Waals surface area contributed by atoms with Crippen molar-refractivity contribution in [2.75, 3.05) is 0 Å². The predicted octanol–water partition coefficient (Wildman–Crippen LogP) is 3.16. The van der Waals surface area contributed by atoms with Crippen molar-refractivity contribution in [3.63, 3.8) is 0 Å². The van der Waals surface area contributed by atoms with Crippen LogP contribution in [0.1, 0.15) is 36.8 Å². The maximum Gasteiger partial charge on any atom is 0.123 e. The summed E-state index contributed by atoms with van der Waals surface area (Å²) in [5.74, 6) is -0.316. The van der Waals surface area contributed by atoms with Crippen molar-refractivity contribution >= 4 is 0 Å². The molecule has 84 valence electrons. The van der Waals surface area contributed by atoms with Crippen LogP contribution in [0, 0.1) is 17.1 Å². The van der Waals surface area contributed by atoms with Crippen LogP contribution in [0.4, 0.5) is 4.39 Å². The zero-order chi connectivity index (χ0) is 11.4. The molecule has 0 unspecified atom stereocenters. The second-order valence-corrected chi connectivity index (χ2v) is 4.13. The summed E-state index contributed by atoms with van der Waals surface area (Å²) < 4.78 is 18.7. The largest absolute Gasteiger partial charge is 0.373 e. The van der Waals surface area contributed by atoms with Crippen LogP contribution in [-0.4, -0.2) is 6.10 Å². The number of hydrogen-bond donors (Lipinski definition) is 0. The van der Waals surface area contributed by atoms with Gasteiger partial charge >= 0.3 is 0 Å². The lowest BCUT2D eigenvalue weighted by Gasteiger charge is -2.11. The summed E-state index contributed by atoms with van der Waals surface area (Å²) in [6.45, 7) is 0.339. The molecule has 0 amide bonds. The van der Waals surface area contributed by atoms with Crippen molar-refractivity contribution < 1.29 is 9.13 Å². The minimum Gasteiger partial charge on any atom is -0.373 e. The molecule has 0 spiro atoms. The van der Waals surface area contributed by atoms with Crippen molar-refractivity contribution in [3.8, 4) is 6.07 Å². The van der Waals surface area contributed by atoms with Gasteiger partial charge in [-0.25, -0.2) is 4.39 Å². The first-order chi connectivity index (χ1) is 7.79. The molecule has 0 bridgehead atoms. The van der Waals surface area contributed by atoms with Gasteiger partial charge in [0.2, 0.25) is 0 Å². The number of ether oxygens (including phenoxy) is 1. The standard InChI is InChI=1S/C13H14FNO/c14-12-6-5-10(8-15)11(7-12)9-16-13-3-1-2-4-13/h5-7,13H,1-4,9H2. The third-order valence-electron chi connectivity index (χ3n) is 2.96. The third-order valence-corrected chi connectivity index (χ3v) is 2.96. The van der Waals surface area contributed by atoms with Crippen molar-refractivity contribution in [3.05, 3.63) is 35.1 Å². The van der Waals surface area contributed by atoms with E-state index in [0.717, 1.165) is 12.8 Å². The maximum absolute atomic E-state index is 13.0. The molecule has 1 aromatic rings.